The maximum absolute atomic E-state index is 12.8. The SMILES string of the molecule is CONC(=O)c1nccc(Oc2cccc(NC(=O)Nc3cccc(C(F)(F)F)c3)c2)n1. The fraction of sp³-hybridized carbons (Fsp3) is 0.100. The summed E-state index contributed by atoms with van der Waals surface area (Å²) in [7, 11) is 1.26. The van der Waals surface area contributed by atoms with Crippen LogP contribution in [0, 0.1) is 0 Å². The van der Waals surface area contributed by atoms with Crippen molar-refractivity contribution < 1.29 is 32.3 Å². The number of carbonyl (C=O) groups is 2. The molecular formula is C20H16F3N5O4. The highest BCUT2D eigenvalue weighted by Crippen LogP contribution is 2.30. The van der Waals surface area contributed by atoms with Gasteiger partial charge in [0.2, 0.25) is 11.7 Å². The highest BCUT2D eigenvalue weighted by atomic mass is 19.4. The van der Waals surface area contributed by atoms with E-state index in [1.165, 1.54) is 37.6 Å². The van der Waals surface area contributed by atoms with Gasteiger partial charge in [0.15, 0.2) is 0 Å². The lowest BCUT2D eigenvalue weighted by Gasteiger charge is -2.11. The summed E-state index contributed by atoms with van der Waals surface area (Å²) in [5.74, 6) is -0.510. The highest BCUT2D eigenvalue weighted by Gasteiger charge is 2.30. The summed E-state index contributed by atoms with van der Waals surface area (Å²) in [6.07, 6.45) is -3.21. The van der Waals surface area contributed by atoms with Crippen molar-refractivity contribution >= 4 is 23.3 Å². The van der Waals surface area contributed by atoms with Gasteiger partial charge in [-0.1, -0.05) is 12.1 Å². The topological polar surface area (TPSA) is 114 Å². The molecule has 3 rings (SSSR count). The maximum Gasteiger partial charge on any atom is 0.416 e. The second-order valence-corrected chi connectivity index (χ2v) is 6.14. The standard InChI is InChI=1S/C20H16F3N5O4/c1-31-28-18(29)17-24-9-8-16(27-17)32-15-7-3-6-14(11-15)26-19(30)25-13-5-2-4-12(10-13)20(21,22)23/h2-11H,1H3,(H,28,29)(H2,25,26,30). The predicted octanol–water partition coefficient (Wildman–Crippen LogP) is 4.22. The molecule has 0 fully saturated rings. The first kappa shape index (κ1) is 22.5. The number of hydroxylamine groups is 1. The van der Waals surface area contributed by atoms with Crippen LogP contribution in [-0.2, 0) is 11.0 Å². The van der Waals surface area contributed by atoms with E-state index in [-0.39, 0.29) is 23.1 Å². The van der Waals surface area contributed by atoms with Crippen LogP contribution in [0.15, 0.2) is 60.8 Å². The van der Waals surface area contributed by atoms with Gasteiger partial charge in [-0.15, -0.1) is 0 Å². The van der Waals surface area contributed by atoms with Crippen LogP contribution in [0.25, 0.3) is 0 Å². The van der Waals surface area contributed by atoms with Gasteiger partial charge < -0.3 is 15.4 Å². The average Bonchev–Trinajstić information content (AvgIpc) is 2.74. The quantitative estimate of drug-likeness (QED) is 0.488. The Morgan fingerprint density at radius 2 is 1.66 bits per heavy atom. The smallest absolute Gasteiger partial charge is 0.416 e. The molecule has 9 nitrogen and oxygen atoms in total. The van der Waals surface area contributed by atoms with Gasteiger partial charge >= 0.3 is 18.1 Å². The van der Waals surface area contributed by atoms with Gasteiger partial charge in [-0.25, -0.2) is 15.3 Å². The number of halogens is 3. The molecule has 1 aromatic heterocycles. The Bertz CT molecular complexity index is 1120. The number of benzene rings is 2. The molecule has 0 spiro atoms. The van der Waals surface area contributed by atoms with Crippen LogP contribution in [0.4, 0.5) is 29.3 Å². The lowest BCUT2D eigenvalue weighted by molar-refractivity contribution is -0.137. The van der Waals surface area contributed by atoms with Crippen molar-refractivity contribution in [3.05, 3.63) is 72.2 Å². The minimum Gasteiger partial charge on any atom is -0.439 e. The molecule has 1 heterocycles. The lowest BCUT2D eigenvalue weighted by atomic mass is 10.2. The van der Waals surface area contributed by atoms with E-state index in [1.54, 1.807) is 18.2 Å². The number of urea groups is 1. The number of rotatable bonds is 6. The van der Waals surface area contributed by atoms with Gasteiger partial charge in [0.25, 0.3) is 0 Å². The monoisotopic (exact) mass is 447 g/mol. The van der Waals surface area contributed by atoms with Crippen LogP contribution in [-0.4, -0.2) is 29.0 Å². The zero-order valence-electron chi connectivity index (χ0n) is 16.4. The summed E-state index contributed by atoms with van der Waals surface area (Å²) in [4.78, 5) is 36.1. The second-order valence-electron chi connectivity index (χ2n) is 6.14. The highest BCUT2D eigenvalue weighted by molar-refractivity contribution is 5.99. The van der Waals surface area contributed by atoms with E-state index in [4.69, 9.17) is 4.74 Å². The van der Waals surface area contributed by atoms with Crippen molar-refractivity contribution in [3.8, 4) is 11.6 Å². The molecule has 0 aliphatic rings. The Balaban J connectivity index is 1.66. The van der Waals surface area contributed by atoms with Crippen molar-refractivity contribution in [2.45, 2.75) is 6.18 Å². The first-order valence-electron chi connectivity index (χ1n) is 8.94. The number of aromatic nitrogens is 2. The van der Waals surface area contributed by atoms with Gasteiger partial charge in [0.05, 0.1) is 12.7 Å². The summed E-state index contributed by atoms with van der Waals surface area (Å²) in [5, 5.41) is 4.83. The number of carbonyl (C=O) groups excluding carboxylic acids is 2. The molecule has 0 bridgehead atoms. The molecule has 32 heavy (non-hydrogen) atoms. The third-order valence-corrected chi connectivity index (χ3v) is 3.79. The summed E-state index contributed by atoms with van der Waals surface area (Å²) < 4.78 is 44.0. The molecule has 3 N–H and O–H groups in total. The van der Waals surface area contributed by atoms with Crippen LogP contribution in [0.2, 0.25) is 0 Å². The molecule has 0 unspecified atom stereocenters. The number of alkyl halides is 3. The fourth-order valence-electron chi connectivity index (χ4n) is 2.47. The number of ether oxygens (including phenoxy) is 1. The summed E-state index contributed by atoms with van der Waals surface area (Å²) >= 11 is 0. The van der Waals surface area contributed by atoms with Crippen LogP contribution in [0.5, 0.6) is 11.6 Å². The van der Waals surface area contributed by atoms with E-state index in [0.29, 0.717) is 5.69 Å². The molecule has 3 aromatic rings. The third kappa shape index (κ3) is 6.15. The number of hydrogen-bond acceptors (Lipinski definition) is 6. The second kappa shape index (κ2) is 9.75. The minimum atomic E-state index is -4.52. The van der Waals surface area contributed by atoms with Crippen molar-refractivity contribution in [1.29, 1.82) is 0 Å². The molecule has 0 saturated carbocycles. The number of hydrogen-bond donors (Lipinski definition) is 3. The molecule has 0 atom stereocenters. The van der Waals surface area contributed by atoms with E-state index < -0.39 is 23.7 Å². The Kier molecular flexibility index (Phi) is 6.85. The largest absolute Gasteiger partial charge is 0.439 e. The van der Waals surface area contributed by atoms with Crippen molar-refractivity contribution in [2.24, 2.45) is 0 Å². The Hall–Kier alpha value is -4.19. The number of anilines is 2. The summed E-state index contributed by atoms with van der Waals surface area (Å²) in [6.45, 7) is 0. The van der Waals surface area contributed by atoms with E-state index in [1.807, 2.05) is 0 Å². The van der Waals surface area contributed by atoms with Crippen LogP contribution < -0.4 is 20.9 Å². The Labute approximate surface area is 179 Å². The van der Waals surface area contributed by atoms with Crippen LogP contribution >= 0.6 is 0 Å². The maximum atomic E-state index is 12.8. The predicted molar refractivity (Wildman–Crippen MR) is 107 cm³/mol. The molecule has 2 aromatic carbocycles. The van der Waals surface area contributed by atoms with E-state index in [2.05, 4.69) is 30.9 Å². The third-order valence-electron chi connectivity index (χ3n) is 3.79. The van der Waals surface area contributed by atoms with Gasteiger partial charge in [0.1, 0.15) is 5.75 Å². The minimum absolute atomic E-state index is 0.0208. The molecule has 0 saturated heterocycles. The molecule has 3 amide bonds. The number of nitrogens with one attached hydrogen (secondary N) is 3. The number of nitrogens with zero attached hydrogens (tertiary/aromatic N) is 2. The van der Waals surface area contributed by atoms with Crippen molar-refractivity contribution in [3.63, 3.8) is 0 Å². The van der Waals surface area contributed by atoms with E-state index >= 15 is 0 Å². The van der Waals surface area contributed by atoms with Gasteiger partial charge in [-0.3, -0.25) is 9.63 Å². The Morgan fingerprint density at radius 1 is 0.969 bits per heavy atom. The zero-order valence-corrected chi connectivity index (χ0v) is 16.4. The zero-order chi connectivity index (χ0) is 23.1. The van der Waals surface area contributed by atoms with Crippen LogP contribution in [0.1, 0.15) is 16.2 Å². The van der Waals surface area contributed by atoms with Crippen molar-refractivity contribution in [2.75, 3.05) is 17.7 Å². The first-order chi connectivity index (χ1) is 15.2. The summed E-state index contributed by atoms with van der Waals surface area (Å²) in [6, 6.07) is 11.1. The van der Waals surface area contributed by atoms with Crippen LogP contribution in [0.3, 0.4) is 0 Å². The lowest BCUT2D eigenvalue weighted by Crippen LogP contribution is -2.24. The fourth-order valence-corrected chi connectivity index (χ4v) is 2.47. The molecule has 0 aliphatic carbocycles. The van der Waals surface area contributed by atoms with Gasteiger partial charge in [-0.05, 0) is 30.3 Å². The Morgan fingerprint density at radius 3 is 2.34 bits per heavy atom. The van der Waals surface area contributed by atoms with Gasteiger partial charge in [-0.2, -0.15) is 18.2 Å². The number of amides is 3. The van der Waals surface area contributed by atoms with Crippen molar-refractivity contribution in [1.82, 2.24) is 15.4 Å². The molecule has 0 radical (unpaired) electrons. The van der Waals surface area contributed by atoms with E-state index in [0.717, 1.165) is 12.1 Å². The van der Waals surface area contributed by atoms with E-state index in [9.17, 15) is 22.8 Å². The molecule has 12 heteroatoms. The van der Waals surface area contributed by atoms with Gasteiger partial charge in [0, 0.05) is 29.7 Å². The molecule has 0 aliphatic heterocycles. The average molecular weight is 447 g/mol. The summed E-state index contributed by atoms with van der Waals surface area (Å²) in [5.41, 5.74) is 1.48. The molecule has 166 valence electrons. The molecular weight excluding hydrogens is 431 g/mol. The first-order valence-corrected chi connectivity index (χ1v) is 8.94. The normalized spacial score (nSPS) is 10.9.